The van der Waals surface area contributed by atoms with Gasteiger partial charge in [-0.25, -0.2) is 13.2 Å². The van der Waals surface area contributed by atoms with Gasteiger partial charge in [-0.2, -0.15) is 0 Å². The van der Waals surface area contributed by atoms with Gasteiger partial charge in [0.1, 0.15) is 12.7 Å². The maximum absolute atomic E-state index is 12.3. The number of hydrogen-bond donors (Lipinski definition) is 2. The van der Waals surface area contributed by atoms with Gasteiger partial charge in [-0.1, -0.05) is 36.0 Å². The van der Waals surface area contributed by atoms with Crippen LogP contribution in [0, 0.1) is 5.41 Å². The Morgan fingerprint density at radius 3 is 2.78 bits per heavy atom. The SMILES string of the molecule is CS(=O)(=O)CC(O)C(=O)N1CC=C(C2(C3COC(=O)N3)C=CC=CC2)CC1. The first-order valence-electron chi connectivity index (χ1n) is 8.83. The van der Waals surface area contributed by atoms with E-state index >= 15 is 0 Å². The molecule has 148 valence electrons. The summed E-state index contributed by atoms with van der Waals surface area (Å²) in [6, 6.07) is -0.185. The molecule has 2 N–H and O–H groups in total. The number of aliphatic hydroxyl groups is 1. The van der Waals surface area contributed by atoms with Crippen LogP contribution in [0.1, 0.15) is 12.8 Å². The van der Waals surface area contributed by atoms with E-state index in [2.05, 4.69) is 11.4 Å². The van der Waals surface area contributed by atoms with E-state index < -0.39 is 39.1 Å². The Labute approximate surface area is 158 Å². The minimum atomic E-state index is -3.44. The van der Waals surface area contributed by atoms with E-state index in [4.69, 9.17) is 4.74 Å². The van der Waals surface area contributed by atoms with Crippen LogP contribution in [-0.2, 0) is 19.4 Å². The Morgan fingerprint density at radius 1 is 1.48 bits per heavy atom. The zero-order valence-corrected chi connectivity index (χ0v) is 15.9. The van der Waals surface area contributed by atoms with E-state index in [-0.39, 0.29) is 19.2 Å². The van der Waals surface area contributed by atoms with E-state index in [1.807, 2.05) is 24.3 Å². The second-order valence-electron chi connectivity index (χ2n) is 7.20. The Bertz CT molecular complexity index is 816. The van der Waals surface area contributed by atoms with E-state index in [0.717, 1.165) is 11.8 Å². The van der Waals surface area contributed by atoms with Gasteiger partial charge in [-0.05, 0) is 12.8 Å². The molecule has 0 spiro atoms. The van der Waals surface area contributed by atoms with Gasteiger partial charge in [0.05, 0.1) is 11.8 Å². The highest BCUT2D eigenvalue weighted by Gasteiger charge is 2.45. The molecular weight excluding hydrogens is 372 g/mol. The molecule has 0 saturated carbocycles. The summed E-state index contributed by atoms with van der Waals surface area (Å²) in [6.07, 6.45) is 10.2. The molecule has 2 heterocycles. The summed E-state index contributed by atoms with van der Waals surface area (Å²) in [6.45, 7) is 0.951. The van der Waals surface area contributed by atoms with Crippen LogP contribution in [0.5, 0.6) is 0 Å². The number of carbonyl (C=O) groups excluding carboxylic acids is 2. The summed E-state index contributed by atoms with van der Waals surface area (Å²) in [5.74, 6) is -1.16. The van der Waals surface area contributed by atoms with Gasteiger partial charge in [0.2, 0.25) is 0 Å². The quantitative estimate of drug-likeness (QED) is 0.640. The Balaban J connectivity index is 1.74. The van der Waals surface area contributed by atoms with Gasteiger partial charge >= 0.3 is 6.09 Å². The predicted molar refractivity (Wildman–Crippen MR) is 98.6 cm³/mol. The summed E-state index contributed by atoms with van der Waals surface area (Å²) in [7, 11) is -3.44. The lowest BCUT2D eigenvalue weighted by molar-refractivity contribution is -0.138. The second kappa shape index (κ2) is 7.47. The number of nitrogens with zero attached hydrogens (tertiary/aromatic N) is 1. The molecule has 0 radical (unpaired) electrons. The Morgan fingerprint density at radius 2 is 2.26 bits per heavy atom. The number of aliphatic hydroxyl groups excluding tert-OH is 1. The summed E-state index contributed by atoms with van der Waals surface area (Å²) < 4.78 is 27.7. The van der Waals surface area contributed by atoms with Crippen molar-refractivity contribution in [2.75, 3.05) is 31.7 Å². The highest BCUT2D eigenvalue weighted by atomic mass is 32.2. The van der Waals surface area contributed by atoms with Crippen LogP contribution in [0.3, 0.4) is 0 Å². The number of alkyl carbamates (subject to hydrolysis) is 1. The molecule has 27 heavy (non-hydrogen) atoms. The first-order valence-corrected chi connectivity index (χ1v) is 10.9. The third-order valence-corrected chi connectivity index (χ3v) is 6.18. The maximum Gasteiger partial charge on any atom is 0.407 e. The zero-order chi connectivity index (χ0) is 19.7. The topological polar surface area (TPSA) is 113 Å². The molecule has 1 fully saturated rings. The normalized spacial score (nSPS) is 29.1. The van der Waals surface area contributed by atoms with Crippen LogP contribution in [0.2, 0.25) is 0 Å². The van der Waals surface area contributed by atoms with Crippen LogP contribution < -0.4 is 5.32 Å². The standard InChI is InChI=1S/C18H24N2O6S/c1-27(24,25)12-14(21)16(22)20-9-5-13(6-10-20)18(7-3-2-4-8-18)15-11-26-17(23)19-15/h2-5,7,14-15,21H,6,8-12H2,1H3,(H,19,23). The number of hydrogen-bond acceptors (Lipinski definition) is 6. The molecule has 1 aliphatic carbocycles. The molecule has 9 heteroatoms. The van der Waals surface area contributed by atoms with E-state index in [1.165, 1.54) is 4.90 Å². The van der Waals surface area contributed by atoms with Crippen molar-refractivity contribution in [3.63, 3.8) is 0 Å². The fourth-order valence-corrected chi connectivity index (χ4v) is 4.60. The first-order chi connectivity index (χ1) is 12.7. The minimum Gasteiger partial charge on any atom is -0.447 e. The van der Waals surface area contributed by atoms with Gasteiger partial charge < -0.3 is 20.1 Å². The molecule has 3 aliphatic rings. The number of ether oxygens (including phenoxy) is 1. The molecule has 0 aromatic heterocycles. The largest absolute Gasteiger partial charge is 0.447 e. The number of allylic oxidation sites excluding steroid dienone is 3. The summed E-state index contributed by atoms with van der Waals surface area (Å²) in [5, 5.41) is 12.8. The lowest BCUT2D eigenvalue weighted by atomic mass is 9.68. The number of nitrogens with one attached hydrogen (secondary N) is 1. The van der Waals surface area contributed by atoms with Crippen molar-refractivity contribution < 1.29 is 27.9 Å². The lowest BCUT2D eigenvalue weighted by Gasteiger charge is -2.41. The fraction of sp³-hybridized carbons (Fsp3) is 0.556. The molecule has 0 aromatic rings. The van der Waals surface area contributed by atoms with Crippen molar-refractivity contribution in [3.8, 4) is 0 Å². The molecular formula is C18H24N2O6S. The molecule has 0 aromatic carbocycles. The summed E-state index contributed by atoms with van der Waals surface area (Å²) in [5.41, 5.74) is 0.696. The number of amides is 2. The lowest BCUT2D eigenvalue weighted by Crippen LogP contribution is -2.48. The number of carbonyl (C=O) groups is 2. The van der Waals surface area contributed by atoms with E-state index in [1.54, 1.807) is 0 Å². The minimum absolute atomic E-state index is 0.185. The Hall–Kier alpha value is -2.13. The van der Waals surface area contributed by atoms with Crippen molar-refractivity contribution in [2.24, 2.45) is 5.41 Å². The van der Waals surface area contributed by atoms with Crippen LogP contribution in [0.25, 0.3) is 0 Å². The molecule has 0 bridgehead atoms. The monoisotopic (exact) mass is 396 g/mol. The molecule has 2 amide bonds. The molecule has 3 rings (SSSR count). The van der Waals surface area contributed by atoms with Gasteiger partial charge in [-0.15, -0.1) is 0 Å². The molecule has 2 aliphatic heterocycles. The zero-order valence-electron chi connectivity index (χ0n) is 15.1. The number of cyclic esters (lactones) is 1. The molecule has 1 saturated heterocycles. The fourth-order valence-electron chi connectivity index (χ4n) is 3.88. The van der Waals surface area contributed by atoms with E-state index in [0.29, 0.717) is 19.4 Å². The highest BCUT2D eigenvalue weighted by molar-refractivity contribution is 7.90. The molecule has 3 unspecified atom stereocenters. The van der Waals surface area contributed by atoms with Crippen molar-refractivity contribution in [1.82, 2.24) is 10.2 Å². The van der Waals surface area contributed by atoms with Crippen LogP contribution in [-0.4, -0.2) is 74.3 Å². The predicted octanol–water partition coefficient (Wildman–Crippen LogP) is 0.162. The maximum atomic E-state index is 12.3. The highest BCUT2D eigenvalue weighted by Crippen LogP contribution is 2.43. The smallest absolute Gasteiger partial charge is 0.407 e. The summed E-state index contributed by atoms with van der Waals surface area (Å²) in [4.78, 5) is 25.3. The van der Waals surface area contributed by atoms with Crippen LogP contribution >= 0.6 is 0 Å². The first kappa shape index (κ1) is 19.6. The molecule has 8 nitrogen and oxygen atoms in total. The number of sulfone groups is 1. The third kappa shape index (κ3) is 4.24. The summed E-state index contributed by atoms with van der Waals surface area (Å²) >= 11 is 0. The van der Waals surface area contributed by atoms with Crippen molar-refractivity contribution >= 4 is 21.8 Å². The Kier molecular flexibility index (Phi) is 5.43. The number of rotatable bonds is 5. The van der Waals surface area contributed by atoms with Gasteiger partial charge in [0, 0.05) is 24.8 Å². The second-order valence-corrected chi connectivity index (χ2v) is 9.38. The van der Waals surface area contributed by atoms with Crippen molar-refractivity contribution in [1.29, 1.82) is 0 Å². The average Bonchev–Trinajstić information content (AvgIpc) is 3.07. The third-order valence-electron chi connectivity index (χ3n) is 5.26. The van der Waals surface area contributed by atoms with E-state index in [9.17, 15) is 23.1 Å². The molecule has 3 atom stereocenters. The van der Waals surface area contributed by atoms with Crippen LogP contribution in [0.4, 0.5) is 4.79 Å². The average molecular weight is 396 g/mol. The van der Waals surface area contributed by atoms with Gasteiger partial charge in [-0.3, -0.25) is 4.79 Å². The van der Waals surface area contributed by atoms with Gasteiger partial charge in [0.25, 0.3) is 5.91 Å². The van der Waals surface area contributed by atoms with Crippen molar-refractivity contribution in [2.45, 2.75) is 25.0 Å². The van der Waals surface area contributed by atoms with Crippen molar-refractivity contribution in [3.05, 3.63) is 36.0 Å². The van der Waals surface area contributed by atoms with Gasteiger partial charge in [0.15, 0.2) is 9.84 Å². The van der Waals surface area contributed by atoms with Crippen LogP contribution in [0.15, 0.2) is 36.0 Å².